The van der Waals surface area contributed by atoms with Gasteiger partial charge in [-0.15, -0.1) is 0 Å². The summed E-state index contributed by atoms with van der Waals surface area (Å²) in [4.78, 5) is 11.0. The zero-order chi connectivity index (χ0) is 10.3. The van der Waals surface area contributed by atoms with Gasteiger partial charge in [0.25, 0.3) is 0 Å². The van der Waals surface area contributed by atoms with E-state index in [1.54, 1.807) is 13.0 Å². The van der Waals surface area contributed by atoms with Crippen LogP contribution in [0.1, 0.15) is 24.6 Å². The maximum absolute atomic E-state index is 10.5. The summed E-state index contributed by atoms with van der Waals surface area (Å²) < 4.78 is 0. The second-order valence-electron chi connectivity index (χ2n) is 3.73. The van der Waals surface area contributed by atoms with Crippen LogP contribution in [0.25, 0.3) is 0 Å². The highest BCUT2D eigenvalue weighted by Gasteiger charge is 2.49. The molecule has 0 spiro atoms. The van der Waals surface area contributed by atoms with Crippen molar-refractivity contribution in [3.8, 4) is 0 Å². The minimum atomic E-state index is -0.416. The molecule has 2 rings (SSSR count). The summed E-state index contributed by atoms with van der Waals surface area (Å²) in [5.74, 6) is 0. The number of nitrogens with zero attached hydrogens (tertiary/aromatic N) is 1. The molecule has 1 fully saturated rings. The van der Waals surface area contributed by atoms with Gasteiger partial charge in [-0.1, -0.05) is 11.3 Å². The Kier molecular flexibility index (Phi) is 2.08. The molecule has 0 radical (unpaired) electrons. The first-order valence-corrected chi connectivity index (χ1v) is 5.31. The lowest BCUT2D eigenvalue weighted by atomic mass is 9.99. The molecule has 1 N–H and O–H groups in total. The maximum Gasteiger partial charge on any atom is 0.324 e. The van der Waals surface area contributed by atoms with Crippen molar-refractivity contribution in [2.45, 2.75) is 31.3 Å². The monoisotopic (exact) mass is 213 g/mol. The van der Waals surface area contributed by atoms with Crippen LogP contribution in [0, 0.1) is 10.1 Å². The van der Waals surface area contributed by atoms with E-state index in [9.17, 15) is 15.2 Å². The van der Waals surface area contributed by atoms with E-state index < -0.39 is 6.10 Å². The molecule has 1 aromatic rings. The highest BCUT2D eigenvalue weighted by Crippen LogP contribution is 2.53. The summed E-state index contributed by atoms with van der Waals surface area (Å²) in [6.07, 6.45) is 1.45. The van der Waals surface area contributed by atoms with Gasteiger partial charge in [-0.25, -0.2) is 0 Å². The zero-order valence-corrected chi connectivity index (χ0v) is 8.58. The van der Waals surface area contributed by atoms with Gasteiger partial charge in [0.15, 0.2) is 0 Å². The van der Waals surface area contributed by atoms with E-state index in [1.807, 2.05) is 0 Å². The molecule has 5 heteroatoms. The van der Waals surface area contributed by atoms with Crippen molar-refractivity contribution in [2.24, 2.45) is 0 Å². The van der Waals surface area contributed by atoms with Crippen LogP contribution in [-0.4, -0.2) is 16.1 Å². The average Bonchev–Trinajstić information content (AvgIpc) is 2.77. The molecule has 0 aliphatic heterocycles. The number of thiophene rings is 1. The second-order valence-corrected chi connectivity index (χ2v) is 4.79. The van der Waals surface area contributed by atoms with Crippen LogP contribution < -0.4 is 0 Å². The van der Waals surface area contributed by atoms with Crippen molar-refractivity contribution in [2.75, 3.05) is 0 Å². The van der Waals surface area contributed by atoms with Gasteiger partial charge in [-0.2, -0.15) is 0 Å². The van der Waals surface area contributed by atoms with Gasteiger partial charge in [0.05, 0.1) is 11.0 Å². The zero-order valence-electron chi connectivity index (χ0n) is 7.77. The molecule has 1 aliphatic rings. The lowest BCUT2D eigenvalue weighted by Crippen LogP contribution is -2.21. The molecule has 1 aliphatic carbocycles. The molecule has 1 unspecified atom stereocenters. The van der Waals surface area contributed by atoms with Crippen molar-refractivity contribution in [1.82, 2.24) is 0 Å². The summed E-state index contributed by atoms with van der Waals surface area (Å²) in [7, 11) is 0. The van der Waals surface area contributed by atoms with Crippen LogP contribution in [0.15, 0.2) is 12.1 Å². The Balaban J connectivity index is 2.29. The smallest absolute Gasteiger partial charge is 0.324 e. The first-order valence-electron chi connectivity index (χ1n) is 4.49. The van der Waals surface area contributed by atoms with Gasteiger partial charge in [-0.05, 0) is 25.8 Å². The fraction of sp³-hybridized carbons (Fsp3) is 0.556. The summed E-state index contributed by atoms with van der Waals surface area (Å²) in [5, 5.41) is 20.2. The quantitative estimate of drug-likeness (QED) is 0.617. The van der Waals surface area contributed by atoms with Crippen LogP contribution in [0.3, 0.4) is 0 Å². The van der Waals surface area contributed by atoms with E-state index in [0.717, 1.165) is 17.7 Å². The number of hydrogen-bond acceptors (Lipinski definition) is 4. The third-order valence-corrected chi connectivity index (χ3v) is 4.11. The molecule has 0 saturated heterocycles. The lowest BCUT2D eigenvalue weighted by molar-refractivity contribution is -0.380. The van der Waals surface area contributed by atoms with Gasteiger partial charge >= 0.3 is 5.00 Å². The fourth-order valence-electron chi connectivity index (χ4n) is 1.70. The van der Waals surface area contributed by atoms with E-state index in [4.69, 9.17) is 0 Å². The Morgan fingerprint density at radius 2 is 2.29 bits per heavy atom. The molecule has 76 valence electrons. The highest BCUT2D eigenvalue weighted by atomic mass is 32.1. The van der Waals surface area contributed by atoms with Crippen LogP contribution in [0.5, 0.6) is 0 Å². The van der Waals surface area contributed by atoms with Gasteiger partial charge in [-0.3, -0.25) is 10.1 Å². The average molecular weight is 213 g/mol. The Labute approximate surface area is 85.3 Å². The van der Waals surface area contributed by atoms with E-state index in [-0.39, 0.29) is 15.3 Å². The standard InChI is InChI=1S/C9H11NO3S/c1-6(11)9(4-5-9)7-2-3-8(14-7)10(12)13/h2-3,6,11H,4-5H2,1H3. The van der Waals surface area contributed by atoms with E-state index in [1.165, 1.54) is 17.4 Å². The molecule has 0 aromatic carbocycles. The highest BCUT2D eigenvalue weighted by molar-refractivity contribution is 7.15. The molecule has 1 atom stereocenters. The minimum absolute atomic E-state index is 0.159. The number of aliphatic hydroxyl groups excluding tert-OH is 1. The Morgan fingerprint density at radius 3 is 2.64 bits per heavy atom. The maximum atomic E-state index is 10.5. The third kappa shape index (κ3) is 1.33. The van der Waals surface area contributed by atoms with Crippen molar-refractivity contribution in [3.63, 3.8) is 0 Å². The van der Waals surface area contributed by atoms with Gasteiger partial charge in [0.1, 0.15) is 0 Å². The Bertz CT molecular complexity index is 368. The SMILES string of the molecule is CC(O)C1(c2ccc([N+](=O)[O-])s2)CC1. The minimum Gasteiger partial charge on any atom is -0.392 e. The van der Waals surface area contributed by atoms with Crippen LogP contribution in [0.2, 0.25) is 0 Å². The Hall–Kier alpha value is -0.940. The van der Waals surface area contributed by atoms with E-state index in [2.05, 4.69) is 0 Å². The molecule has 0 bridgehead atoms. The molecule has 1 heterocycles. The summed E-state index contributed by atoms with van der Waals surface area (Å²) in [5.41, 5.74) is -0.182. The third-order valence-electron chi connectivity index (χ3n) is 2.85. The Morgan fingerprint density at radius 1 is 1.64 bits per heavy atom. The van der Waals surface area contributed by atoms with Crippen LogP contribution >= 0.6 is 11.3 Å². The van der Waals surface area contributed by atoms with Crippen molar-refractivity contribution < 1.29 is 10.0 Å². The van der Waals surface area contributed by atoms with Crippen molar-refractivity contribution in [3.05, 3.63) is 27.1 Å². The fourth-order valence-corrected chi connectivity index (χ4v) is 2.85. The molecular weight excluding hydrogens is 202 g/mol. The number of hydrogen-bond donors (Lipinski definition) is 1. The normalized spacial score (nSPS) is 20.4. The number of rotatable bonds is 3. The number of nitro groups is 1. The number of aliphatic hydroxyl groups is 1. The summed E-state index contributed by atoms with van der Waals surface area (Å²) in [6, 6.07) is 3.28. The molecule has 14 heavy (non-hydrogen) atoms. The van der Waals surface area contributed by atoms with Gasteiger partial charge < -0.3 is 5.11 Å². The van der Waals surface area contributed by atoms with Crippen LogP contribution in [-0.2, 0) is 5.41 Å². The molecular formula is C9H11NO3S. The van der Waals surface area contributed by atoms with Crippen molar-refractivity contribution in [1.29, 1.82) is 0 Å². The lowest BCUT2D eigenvalue weighted by Gasteiger charge is -2.15. The second kappa shape index (κ2) is 3.03. The predicted molar refractivity (Wildman–Crippen MR) is 53.6 cm³/mol. The predicted octanol–water partition coefficient (Wildman–Crippen LogP) is 2.07. The molecule has 4 nitrogen and oxygen atoms in total. The van der Waals surface area contributed by atoms with Crippen molar-refractivity contribution >= 4 is 16.3 Å². The van der Waals surface area contributed by atoms with E-state index in [0.29, 0.717) is 0 Å². The molecule has 0 amide bonds. The van der Waals surface area contributed by atoms with Gasteiger partial charge in [0.2, 0.25) is 0 Å². The summed E-state index contributed by atoms with van der Waals surface area (Å²) >= 11 is 1.18. The van der Waals surface area contributed by atoms with Gasteiger partial charge in [0, 0.05) is 16.4 Å². The van der Waals surface area contributed by atoms with E-state index >= 15 is 0 Å². The first-order chi connectivity index (χ1) is 6.56. The van der Waals surface area contributed by atoms with Crippen LogP contribution in [0.4, 0.5) is 5.00 Å². The first kappa shape index (κ1) is 9.61. The topological polar surface area (TPSA) is 63.4 Å². The summed E-state index contributed by atoms with van der Waals surface area (Å²) in [6.45, 7) is 1.75. The molecule has 1 saturated carbocycles. The molecule has 1 aromatic heterocycles. The largest absolute Gasteiger partial charge is 0.392 e.